The molecule has 1 aromatic rings. The number of nitrogen functional groups attached to an aromatic ring is 1. The van der Waals surface area contributed by atoms with Crippen molar-refractivity contribution in [2.24, 2.45) is 5.92 Å². The molecule has 5 heteroatoms. The average Bonchev–Trinajstić information content (AvgIpc) is 2.74. The summed E-state index contributed by atoms with van der Waals surface area (Å²) in [6.45, 7) is 4.68. The van der Waals surface area contributed by atoms with Gasteiger partial charge in [0.25, 0.3) is 0 Å². The van der Waals surface area contributed by atoms with Gasteiger partial charge >= 0.3 is 0 Å². The number of rotatable bonds is 5. The number of anilines is 1. The van der Waals surface area contributed by atoms with Gasteiger partial charge in [-0.15, -0.1) is 11.3 Å². The average molecular weight is 268 g/mol. The lowest BCUT2D eigenvalue weighted by Gasteiger charge is -2.32. The number of nitrogens with two attached hydrogens (primary N) is 1. The number of hydrogen-bond donors (Lipinski definition) is 1. The van der Waals surface area contributed by atoms with Gasteiger partial charge in [0.1, 0.15) is 0 Å². The fourth-order valence-corrected chi connectivity index (χ4v) is 3.22. The molecule has 1 aliphatic heterocycles. The van der Waals surface area contributed by atoms with Crippen LogP contribution >= 0.6 is 11.3 Å². The Morgan fingerprint density at radius 1 is 1.44 bits per heavy atom. The molecule has 0 saturated carbocycles. The maximum Gasteiger partial charge on any atom is 0.180 e. The summed E-state index contributed by atoms with van der Waals surface area (Å²) >= 11 is 1.61. The molecule has 0 bridgehead atoms. The Bertz CT molecular complexity index is 356. The summed E-state index contributed by atoms with van der Waals surface area (Å²) in [6, 6.07) is 0. The molecule has 0 aromatic carbocycles. The van der Waals surface area contributed by atoms with E-state index >= 15 is 0 Å². The lowest BCUT2D eigenvalue weighted by atomic mass is 9.93. The summed E-state index contributed by atoms with van der Waals surface area (Å²) in [5.74, 6) is 0.912. The highest BCUT2D eigenvalue weighted by molar-refractivity contribution is 7.15. The van der Waals surface area contributed by atoms with Crippen LogP contribution in [0.3, 0.4) is 0 Å². The van der Waals surface area contributed by atoms with Crippen molar-refractivity contribution in [1.82, 2.24) is 14.8 Å². The van der Waals surface area contributed by atoms with Crippen LogP contribution in [-0.2, 0) is 6.54 Å². The largest absolute Gasteiger partial charge is 0.375 e. The fourth-order valence-electron chi connectivity index (χ4n) is 2.49. The third kappa shape index (κ3) is 4.23. The normalized spacial score (nSPS) is 18.6. The summed E-state index contributed by atoms with van der Waals surface area (Å²) < 4.78 is 0. The van der Waals surface area contributed by atoms with E-state index in [1.54, 1.807) is 11.3 Å². The van der Waals surface area contributed by atoms with E-state index < -0.39 is 0 Å². The molecular weight excluding hydrogens is 244 g/mol. The molecule has 102 valence electrons. The molecule has 1 aromatic heterocycles. The Morgan fingerprint density at radius 2 is 2.17 bits per heavy atom. The third-order valence-electron chi connectivity index (χ3n) is 3.64. The van der Waals surface area contributed by atoms with E-state index in [4.69, 9.17) is 5.73 Å². The van der Waals surface area contributed by atoms with Gasteiger partial charge in [0.15, 0.2) is 5.13 Å². The molecule has 0 spiro atoms. The first-order valence-corrected chi connectivity index (χ1v) is 7.52. The van der Waals surface area contributed by atoms with E-state index in [9.17, 15) is 0 Å². The smallest absolute Gasteiger partial charge is 0.180 e. The quantitative estimate of drug-likeness (QED) is 0.886. The lowest BCUT2D eigenvalue weighted by Crippen LogP contribution is -2.33. The highest BCUT2D eigenvalue weighted by atomic mass is 32.1. The van der Waals surface area contributed by atoms with Gasteiger partial charge in [-0.25, -0.2) is 4.98 Å². The second kappa shape index (κ2) is 6.50. The van der Waals surface area contributed by atoms with Crippen LogP contribution in [0.2, 0.25) is 0 Å². The first-order chi connectivity index (χ1) is 8.63. The monoisotopic (exact) mass is 268 g/mol. The van der Waals surface area contributed by atoms with Crippen LogP contribution in [-0.4, -0.2) is 48.5 Å². The van der Waals surface area contributed by atoms with Crippen molar-refractivity contribution in [2.45, 2.75) is 25.8 Å². The molecule has 1 fully saturated rings. The van der Waals surface area contributed by atoms with Gasteiger partial charge in [-0.05, 0) is 58.9 Å². The van der Waals surface area contributed by atoms with Gasteiger partial charge in [0, 0.05) is 17.6 Å². The van der Waals surface area contributed by atoms with Gasteiger partial charge in [0.2, 0.25) is 0 Å². The Hall–Kier alpha value is -0.650. The minimum absolute atomic E-state index is 0.686. The molecule has 4 nitrogen and oxygen atoms in total. The number of thiazole rings is 1. The molecule has 1 aliphatic rings. The first-order valence-electron chi connectivity index (χ1n) is 6.71. The molecule has 0 radical (unpaired) electrons. The fraction of sp³-hybridized carbons (Fsp3) is 0.769. The molecule has 0 aliphatic carbocycles. The molecule has 18 heavy (non-hydrogen) atoms. The maximum atomic E-state index is 5.66. The van der Waals surface area contributed by atoms with Crippen LogP contribution < -0.4 is 5.73 Å². The van der Waals surface area contributed by atoms with Gasteiger partial charge in [-0.1, -0.05) is 0 Å². The predicted molar refractivity (Wildman–Crippen MR) is 77.7 cm³/mol. The molecule has 0 unspecified atom stereocenters. The molecule has 2 N–H and O–H groups in total. The Balaban J connectivity index is 1.70. The molecule has 1 saturated heterocycles. The molecule has 0 amide bonds. The van der Waals surface area contributed by atoms with Crippen molar-refractivity contribution >= 4 is 16.5 Å². The highest BCUT2D eigenvalue weighted by Gasteiger charge is 2.19. The summed E-state index contributed by atoms with van der Waals surface area (Å²) in [7, 11) is 4.31. The zero-order chi connectivity index (χ0) is 13.0. The zero-order valence-electron chi connectivity index (χ0n) is 11.4. The Morgan fingerprint density at radius 3 is 2.72 bits per heavy atom. The third-order valence-corrected chi connectivity index (χ3v) is 4.45. The first kappa shape index (κ1) is 13.8. The minimum atomic E-state index is 0.686. The number of aromatic nitrogens is 1. The van der Waals surface area contributed by atoms with E-state index in [0.29, 0.717) is 5.13 Å². The van der Waals surface area contributed by atoms with Crippen molar-refractivity contribution in [1.29, 1.82) is 0 Å². The molecular formula is C13H24N4S. The lowest BCUT2D eigenvalue weighted by molar-refractivity contribution is 0.167. The standard InChI is InChI=1S/C13H24N4S/c1-16(2)6-3-11-4-7-17(8-5-11)10-12-9-15-13(14)18-12/h9,11H,3-8,10H2,1-2H3,(H2,14,15). The number of piperidine rings is 1. The van der Waals surface area contributed by atoms with Gasteiger partial charge in [-0.2, -0.15) is 0 Å². The van der Waals surface area contributed by atoms with E-state index in [2.05, 4.69) is 28.9 Å². The number of likely N-dealkylation sites (tertiary alicyclic amines) is 1. The second-order valence-corrected chi connectivity index (χ2v) is 6.62. The molecule has 0 atom stereocenters. The second-order valence-electron chi connectivity index (χ2n) is 5.48. The summed E-state index contributed by atoms with van der Waals surface area (Å²) in [6.07, 6.45) is 5.93. The van der Waals surface area contributed by atoms with E-state index in [0.717, 1.165) is 12.5 Å². The van der Waals surface area contributed by atoms with Crippen molar-refractivity contribution in [3.8, 4) is 0 Å². The van der Waals surface area contributed by atoms with Crippen molar-refractivity contribution in [2.75, 3.05) is 39.5 Å². The Kier molecular flexibility index (Phi) is 4.97. The van der Waals surface area contributed by atoms with Crippen LogP contribution in [0, 0.1) is 5.92 Å². The zero-order valence-corrected chi connectivity index (χ0v) is 12.2. The van der Waals surface area contributed by atoms with Crippen molar-refractivity contribution < 1.29 is 0 Å². The van der Waals surface area contributed by atoms with Crippen molar-refractivity contribution in [3.63, 3.8) is 0 Å². The van der Waals surface area contributed by atoms with E-state index in [-0.39, 0.29) is 0 Å². The summed E-state index contributed by atoms with van der Waals surface area (Å²) in [5, 5.41) is 0.686. The Labute approximate surface area is 114 Å². The summed E-state index contributed by atoms with van der Waals surface area (Å²) in [4.78, 5) is 10.2. The van der Waals surface area contributed by atoms with Crippen LogP contribution in [0.25, 0.3) is 0 Å². The maximum absolute atomic E-state index is 5.66. The highest BCUT2D eigenvalue weighted by Crippen LogP contribution is 2.23. The van der Waals surface area contributed by atoms with Crippen LogP contribution in [0.15, 0.2) is 6.20 Å². The van der Waals surface area contributed by atoms with Gasteiger partial charge < -0.3 is 10.6 Å². The van der Waals surface area contributed by atoms with Crippen LogP contribution in [0.5, 0.6) is 0 Å². The summed E-state index contributed by atoms with van der Waals surface area (Å²) in [5.41, 5.74) is 5.66. The van der Waals surface area contributed by atoms with Gasteiger partial charge in [0.05, 0.1) is 0 Å². The molecule has 2 rings (SSSR count). The number of nitrogens with zero attached hydrogens (tertiary/aromatic N) is 3. The topological polar surface area (TPSA) is 45.4 Å². The number of hydrogen-bond acceptors (Lipinski definition) is 5. The van der Waals surface area contributed by atoms with Crippen molar-refractivity contribution in [3.05, 3.63) is 11.1 Å². The predicted octanol–water partition coefficient (Wildman–Crippen LogP) is 1.89. The van der Waals surface area contributed by atoms with Crippen LogP contribution in [0.1, 0.15) is 24.1 Å². The molecule has 2 heterocycles. The van der Waals surface area contributed by atoms with E-state index in [1.165, 1.54) is 43.8 Å². The van der Waals surface area contributed by atoms with E-state index in [1.807, 2.05) is 6.20 Å². The minimum Gasteiger partial charge on any atom is -0.375 e. The SMILES string of the molecule is CN(C)CCC1CCN(Cc2cnc(N)s2)CC1. The van der Waals surface area contributed by atoms with Gasteiger partial charge in [-0.3, -0.25) is 4.90 Å². The van der Waals surface area contributed by atoms with Crippen LogP contribution in [0.4, 0.5) is 5.13 Å².